The SMILES string of the molecule is CC1(C)[C@H](C=C(Cl)Cl)[C@@H]1C(=O)OCc1ccc(F)c(-c2ccccc2)c1F. The normalized spacial score (nSPS) is 20.1. The summed E-state index contributed by atoms with van der Waals surface area (Å²) >= 11 is 11.4. The summed E-state index contributed by atoms with van der Waals surface area (Å²) in [5, 5.41) is 0. The highest BCUT2D eigenvalue weighted by Gasteiger charge is 2.61. The Morgan fingerprint density at radius 1 is 1.15 bits per heavy atom. The van der Waals surface area contributed by atoms with Gasteiger partial charge in [0.05, 0.1) is 11.5 Å². The Kier molecular flexibility index (Phi) is 5.59. The van der Waals surface area contributed by atoms with Crippen LogP contribution in [0.5, 0.6) is 0 Å². The smallest absolute Gasteiger partial charge is 0.310 e. The molecule has 0 aliphatic heterocycles. The van der Waals surface area contributed by atoms with Gasteiger partial charge in [-0.1, -0.05) is 67.4 Å². The molecule has 0 amide bonds. The van der Waals surface area contributed by atoms with Gasteiger partial charge >= 0.3 is 5.97 Å². The van der Waals surface area contributed by atoms with Crippen molar-refractivity contribution in [2.24, 2.45) is 17.3 Å². The summed E-state index contributed by atoms with van der Waals surface area (Å²) in [7, 11) is 0. The lowest BCUT2D eigenvalue weighted by Crippen LogP contribution is -2.11. The molecule has 0 spiro atoms. The van der Waals surface area contributed by atoms with Crippen molar-refractivity contribution in [1.29, 1.82) is 0 Å². The molecule has 2 aromatic carbocycles. The molecular weight excluding hydrogens is 393 g/mol. The molecule has 142 valence electrons. The van der Waals surface area contributed by atoms with E-state index >= 15 is 0 Å². The van der Waals surface area contributed by atoms with Crippen LogP contribution < -0.4 is 0 Å². The number of carbonyl (C=O) groups is 1. The van der Waals surface area contributed by atoms with Crippen LogP contribution in [0, 0.1) is 28.9 Å². The highest BCUT2D eigenvalue weighted by molar-refractivity contribution is 6.55. The zero-order chi connectivity index (χ0) is 19.8. The van der Waals surface area contributed by atoms with E-state index in [-0.39, 0.29) is 33.6 Å². The lowest BCUT2D eigenvalue weighted by molar-refractivity contribution is -0.147. The van der Waals surface area contributed by atoms with Crippen molar-refractivity contribution in [1.82, 2.24) is 0 Å². The standard InChI is InChI=1S/C21H18Cl2F2O2/c1-21(2)14(10-16(22)23)18(21)20(26)27-11-13-8-9-15(24)17(19(13)25)12-6-4-3-5-7-12/h3-10,14,18H,11H2,1-2H3/t14-,18-/m1/s1. The van der Waals surface area contributed by atoms with E-state index in [4.69, 9.17) is 27.9 Å². The average Bonchev–Trinajstić information content (AvgIpc) is 3.14. The van der Waals surface area contributed by atoms with Gasteiger partial charge in [-0.15, -0.1) is 0 Å². The molecule has 1 aliphatic carbocycles. The quantitative estimate of drug-likeness (QED) is 0.543. The third-order valence-electron chi connectivity index (χ3n) is 5.07. The van der Waals surface area contributed by atoms with E-state index < -0.39 is 23.5 Å². The summed E-state index contributed by atoms with van der Waals surface area (Å²) in [6.07, 6.45) is 1.61. The second-order valence-corrected chi connectivity index (χ2v) is 8.16. The first kappa shape index (κ1) is 19.8. The zero-order valence-corrected chi connectivity index (χ0v) is 16.3. The van der Waals surface area contributed by atoms with Gasteiger partial charge in [-0.3, -0.25) is 4.79 Å². The van der Waals surface area contributed by atoms with Gasteiger partial charge in [0.15, 0.2) is 0 Å². The van der Waals surface area contributed by atoms with E-state index in [1.54, 1.807) is 36.4 Å². The number of benzene rings is 2. The third kappa shape index (κ3) is 4.02. The van der Waals surface area contributed by atoms with Crippen molar-refractivity contribution < 1.29 is 18.3 Å². The summed E-state index contributed by atoms with van der Waals surface area (Å²) in [6, 6.07) is 10.9. The molecule has 27 heavy (non-hydrogen) atoms. The van der Waals surface area contributed by atoms with Gasteiger partial charge in [0.1, 0.15) is 22.7 Å². The molecule has 0 aromatic heterocycles. The average molecular weight is 411 g/mol. The predicted octanol–water partition coefficient (Wildman–Crippen LogP) is 6.27. The van der Waals surface area contributed by atoms with Crippen molar-refractivity contribution in [2.45, 2.75) is 20.5 Å². The first-order chi connectivity index (χ1) is 12.7. The Hall–Kier alpha value is -1.91. The molecular formula is C21H18Cl2F2O2. The van der Waals surface area contributed by atoms with Crippen molar-refractivity contribution in [2.75, 3.05) is 0 Å². The predicted molar refractivity (Wildman–Crippen MR) is 102 cm³/mol. The lowest BCUT2D eigenvalue weighted by Gasteiger charge is -2.11. The second-order valence-electron chi connectivity index (χ2n) is 7.15. The topological polar surface area (TPSA) is 26.3 Å². The van der Waals surface area contributed by atoms with Crippen LogP contribution in [0.1, 0.15) is 19.4 Å². The van der Waals surface area contributed by atoms with Gasteiger partial charge in [-0.05, 0) is 35.1 Å². The maximum absolute atomic E-state index is 14.8. The summed E-state index contributed by atoms with van der Waals surface area (Å²) in [6.45, 7) is 3.54. The van der Waals surface area contributed by atoms with Gasteiger partial charge in [0, 0.05) is 5.56 Å². The third-order valence-corrected chi connectivity index (χ3v) is 5.33. The summed E-state index contributed by atoms with van der Waals surface area (Å²) in [5.41, 5.74) is 0.0731. The van der Waals surface area contributed by atoms with E-state index in [0.29, 0.717) is 5.56 Å². The number of ether oxygens (including phenoxy) is 1. The van der Waals surface area contributed by atoms with Crippen LogP contribution in [-0.4, -0.2) is 5.97 Å². The molecule has 0 bridgehead atoms. The van der Waals surface area contributed by atoms with E-state index in [0.717, 1.165) is 0 Å². The Morgan fingerprint density at radius 2 is 1.81 bits per heavy atom. The van der Waals surface area contributed by atoms with Crippen molar-refractivity contribution in [3.05, 3.63) is 70.2 Å². The second kappa shape index (κ2) is 7.61. The Balaban J connectivity index is 1.76. The Bertz CT molecular complexity index is 891. The fourth-order valence-electron chi connectivity index (χ4n) is 3.39. The summed E-state index contributed by atoms with van der Waals surface area (Å²) < 4.78 is 34.4. The maximum atomic E-state index is 14.8. The van der Waals surface area contributed by atoms with Crippen molar-refractivity contribution >= 4 is 29.2 Å². The largest absolute Gasteiger partial charge is 0.460 e. The van der Waals surface area contributed by atoms with Crippen LogP contribution in [0.4, 0.5) is 8.78 Å². The first-order valence-corrected chi connectivity index (χ1v) is 9.21. The fraction of sp³-hybridized carbons (Fsp3) is 0.286. The minimum absolute atomic E-state index is 0.0976. The lowest BCUT2D eigenvalue weighted by atomic mass is 10.0. The van der Waals surface area contributed by atoms with E-state index in [2.05, 4.69) is 0 Å². The first-order valence-electron chi connectivity index (χ1n) is 8.45. The highest BCUT2D eigenvalue weighted by Crippen LogP contribution is 2.60. The van der Waals surface area contributed by atoms with Crippen LogP contribution in [0.25, 0.3) is 11.1 Å². The zero-order valence-electron chi connectivity index (χ0n) is 14.8. The number of esters is 1. The Labute approximate surface area is 166 Å². The summed E-state index contributed by atoms with van der Waals surface area (Å²) in [4.78, 5) is 12.4. The number of allylic oxidation sites excluding steroid dienone is 1. The van der Waals surface area contributed by atoms with Gasteiger partial charge < -0.3 is 4.74 Å². The van der Waals surface area contributed by atoms with Gasteiger partial charge in [-0.2, -0.15) is 0 Å². The van der Waals surface area contributed by atoms with Gasteiger partial charge in [-0.25, -0.2) is 8.78 Å². The molecule has 2 atom stereocenters. The van der Waals surface area contributed by atoms with Gasteiger partial charge in [0.25, 0.3) is 0 Å². The molecule has 2 aromatic rings. The number of hydrogen-bond donors (Lipinski definition) is 0. The molecule has 0 unspecified atom stereocenters. The monoisotopic (exact) mass is 410 g/mol. The van der Waals surface area contributed by atoms with Crippen LogP contribution in [0.2, 0.25) is 0 Å². The van der Waals surface area contributed by atoms with Crippen molar-refractivity contribution in [3.63, 3.8) is 0 Å². The Morgan fingerprint density at radius 3 is 2.44 bits per heavy atom. The molecule has 6 heteroatoms. The van der Waals surface area contributed by atoms with Gasteiger partial charge in [0.2, 0.25) is 0 Å². The molecule has 1 aliphatic rings. The molecule has 1 saturated carbocycles. The van der Waals surface area contributed by atoms with Crippen LogP contribution in [0.15, 0.2) is 53.0 Å². The molecule has 0 heterocycles. The highest BCUT2D eigenvalue weighted by atomic mass is 35.5. The number of carbonyl (C=O) groups excluding carboxylic acids is 1. The minimum atomic E-state index is -0.732. The number of halogens is 4. The van der Waals surface area contributed by atoms with Crippen molar-refractivity contribution in [3.8, 4) is 11.1 Å². The van der Waals surface area contributed by atoms with Crippen LogP contribution in [-0.2, 0) is 16.1 Å². The van der Waals surface area contributed by atoms with Crippen LogP contribution in [0.3, 0.4) is 0 Å². The number of hydrogen-bond acceptors (Lipinski definition) is 2. The molecule has 0 saturated heterocycles. The molecule has 0 radical (unpaired) electrons. The molecule has 3 rings (SSSR count). The molecule has 1 fully saturated rings. The minimum Gasteiger partial charge on any atom is -0.460 e. The van der Waals surface area contributed by atoms with E-state index in [1.165, 1.54) is 12.1 Å². The van der Waals surface area contributed by atoms with Crippen LogP contribution >= 0.6 is 23.2 Å². The summed E-state index contributed by atoms with van der Waals surface area (Å²) in [5.74, 6) is -2.39. The number of rotatable bonds is 5. The fourth-order valence-corrected chi connectivity index (χ4v) is 3.66. The maximum Gasteiger partial charge on any atom is 0.310 e. The van der Waals surface area contributed by atoms with E-state index in [9.17, 15) is 13.6 Å². The molecule has 0 N–H and O–H groups in total. The van der Waals surface area contributed by atoms with E-state index in [1.807, 2.05) is 13.8 Å². The molecule has 2 nitrogen and oxygen atoms in total.